The van der Waals surface area contributed by atoms with E-state index < -0.39 is 5.97 Å². The number of aliphatic carboxylic acids is 1. The summed E-state index contributed by atoms with van der Waals surface area (Å²) in [6, 6.07) is 2.08. The lowest BCUT2D eigenvalue weighted by atomic mass is 9.72. The molecule has 1 aliphatic carbocycles. The molecule has 1 heterocycles. The normalized spacial score (nSPS) is 28.9. The third kappa shape index (κ3) is 2.65. The Morgan fingerprint density at radius 1 is 1.41 bits per heavy atom. The first-order valence-corrected chi connectivity index (χ1v) is 6.22. The number of hydrogen-bond acceptors (Lipinski definition) is 2. The molecule has 0 aliphatic heterocycles. The predicted octanol–water partition coefficient (Wildman–Crippen LogP) is 2.99. The fraction of sp³-hybridized carbons (Fsp3) is 0.571. The Morgan fingerprint density at radius 3 is 2.82 bits per heavy atom. The maximum absolute atomic E-state index is 11.3. The second kappa shape index (κ2) is 4.86. The second-order valence-corrected chi connectivity index (χ2v) is 5.27. The van der Waals surface area contributed by atoms with Crippen molar-refractivity contribution in [1.82, 2.24) is 4.98 Å². The van der Waals surface area contributed by atoms with Crippen molar-refractivity contribution >= 4 is 5.97 Å². The maximum Gasteiger partial charge on any atom is 0.307 e. The van der Waals surface area contributed by atoms with Crippen molar-refractivity contribution in [3.05, 3.63) is 29.6 Å². The molecule has 3 atom stereocenters. The van der Waals surface area contributed by atoms with Crippen molar-refractivity contribution in [3.8, 4) is 0 Å². The molecule has 17 heavy (non-hydrogen) atoms. The molecular formula is C14H19NO2. The molecule has 0 radical (unpaired) electrons. The molecule has 1 fully saturated rings. The quantitative estimate of drug-likeness (QED) is 0.854. The average Bonchev–Trinajstić information content (AvgIpc) is 2.28. The summed E-state index contributed by atoms with van der Waals surface area (Å²) in [5.74, 6) is -0.169. The van der Waals surface area contributed by atoms with E-state index in [-0.39, 0.29) is 11.8 Å². The predicted molar refractivity (Wildman–Crippen MR) is 65.9 cm³/mol. The van der Waals surface area contributed by atoms with Gasteiger partial charge in [-0.1, -0.05) is 13.0 Å². The number of nitrogens with zero attached hydrogens (tertiary/aromatic N) is 1. The number of rotatable bonds is 2. The van der Waals surface area contributed by atoms with Crippen molar-refractivity contribution in [1.29, 1.82) is 0 Å². The highest BCUT2D eigenvalue weighted by atomic mass is 16.4. The minimum absolute atomic E-state index is 0.128. The highest BCUT2D eigenvalue weighted by Crippen LogP contribution is 2.40. The van der Waals surface area contributed by atoms with Gasteiger partial charge in [-0.2, -0.15) is 0 Å². The van der Waals surface area contributed by atoms with E-state index in [1.165, 1.54) is 0 Å². The zero-order valence-electron chi connectivity index (χ0n) is 10.4. The van der Waals surface area contributed by atoms with Gasteiger partial charge in [-0.15, -0.1) is 0 Å². The van der Waals surface area contributed by atoms with Gasteiger partial charge in [0, 0.05) is 12.4 Å². The Labute approximate surface area is 102 Å². The van der Waals surface area contributed by atoms with Crippen LogP contribution in [0, 0.1) is 18.8 Å². The zero-order valence-corrected chi connectivity index (χ0v) is 10.4. The zero-order chi connectivity index (χ0) is 12.4. The van der Waals surface area contributed by atoms with Crippen LogP contribution in [0.2, 0.25) is 0 Å². The van der Waals surface area contributed by atoms with Gasteiger partial charge in [-0.3, -0.25) is 9.78 Å². The van der Waals surface area contributed by atoms with Gasteiger partial charge in [0.1, 0.15) is 0 Å². The molecule has 1 aliphatic rings. The monoisotopic (exact) mass is 233 g/mol. The molecular weight excluding hydrogens is 214 g/mol. The summed E-state index contributed by atoms with van der Waals surface area (Å²) >= 11 is 0. The van der Waals surface area contributed by atoms with E-state index in [2.05, 4.69) is 18.0 Å². The van der Waals surface area contributed by atoms with Crippen LogP contribution in [0.4, 0.5) is 0 Å². The lowest BCUT2D eigenvalue weighted by Gasteiger charge is -2.32. The molecule has 3 unspecified atom stereocenters. The number of aryl methyl sites for hydroxylation is 1. The molecule has 1 aromatic heterocycles. The molecule has 0 amide bonds. The Balaban J connectivity index is 2.28. The van der Waals surface area contributed by atoms with Crippen molar-refractivity contribution in [2.75, 3.05) is 0 Å². The van der Waals surface area contributed by atoms with Gasteiger partial charge in [0.05, 0.1) is 5.92 Å². The van der Waals surface area contributed by atoms with Gasteiger partial charge >= 0.3 is 5.97 Å². The van der Waals surface area contributed by atoms with E-state index in [1.807, 2.05) is 19.3 Å². The Bertz CT molecular complexity index is 416. The van der Waals surface area contributed by atoms with E-state index in [0.717, 1.165) is 30.4 Å². The van der Waals surface area contributed by atoms with Crippen LogP contribution in [0.3, 0.4) is 0 Å². The number of hydrogen-bond donors (Lipinski definition) is 1. The minimum Gasteiger partial charge on any atom is -0.481 e. The molecule has 1 aromatic rings. The van der Waals surface area contributed by atoms with Gasteiger partial charge < -0.3 is 5.11 Å². The van der Waals surface area contributed by atoms with E-state index in [0.29, 0.717) is 5.92 Å². The number of aromatic nitrogens is 1. The van der Waals surface area contributed by atoms with Crippen molar-refractivity contribution in [2.45, 2.75) is 39.0 Å². The number of carbonyl (C=O) groups is 1. The van der Waals surface area contributed by atoms with E-state index in [1.54, 1.807) is 0 Å². The topological polar surface area (TPSA) is 50.2 Å². The molecule has 92 valence electrons. The van der Waals surface area contributed by atoms with Gasteiger partial charge in [0.2, 0.25) is 0 Å². The van der Waals surface area contributed by atoms with Crippen LogP contribution in [0.1, 0.15) is 43.2 Å². The van der Waals surface area contributed by atoms with Crippen molar-refractivity contribution < 1.29 is 9.90 Å². The van der Waals surface area contributed by atoms with Crippen molar-refractivity contribution in [2.24, 2.45) is 11.8 Å². The molecule has 2 rings (SSSR count). The summed E-state index contributed by atoms with van der Waals surface area (Å²) in [7, 11) is 0. The van der Waals surface area contributed by atoms with Crippen LogP contribution in [0.5, 0.6) is 0 Å². The van der Waals surface area contributed by atoms with Crippen LogP contribution < -0.4 is 0 Å². The van der Waals surface area contributed by atoms with Crippen molar-refractivity contribution in [3.63, 3.8) is 0 Å². The molecule has 0 bridgehead atoms. The molecule has 0 aromatic carbocycles. The number of carboxylic acids is 1. The number of pyridine rings is 1. The fourth-order valence-corrected chi connectivity index (χ4v) is 2.83. The van der Waals surface area contributed by atoms with Gasteiger partial charge in [0.25, 0.3) is 0 Å². The molecule has 3 heteroatoms. The Morgan fingerprint density at radius 2 is 2.18 bits per heavy atom. The average molecular weight is 233 g/mol. The summed E-state index contributed by atoms with van der Waals surface area (Å²) in [6.07, 6.45) is 6.40. The van der Waals surface area contributed by atoms with Crippen LogP contribution in [0.15, 0.2) is 18.5 Å². The molecule has 3 nitrogen and oxygen atoms in total. The molecule has 1 N–H and O–H groups in total. The number of carboxylic acid groups (broad SMARTS) is 1. The summed E-state index contributed by atoms with van der Waals surface area (Å²) in [6.45, 7) is 4.20. The van der Waals surface area contributed by atoms with Crippen LogP contribution >= 0.6 is 0 Å². The first-order chi connectivity index (χ1) is 8.08. The molecule has 0 spiro atoms. The first kappa shape index (κ1) is 12.1. The van der Waals surface area contributed by atoms with Crippen LogP contribution in [-0.2, 0) is 4.79 Å². The van der Waals surface area contributed by atoms with Gasteiger partial charge in [0.15, 0.2) is 0 Å². The third-order valence-electron chi connectivity index (χ3n) is 3.75. The summed E-state index contributed by atoms with van der Waals surface area (Å²) in [5.41, 5.74) is 2.19. The van der Waals surface area contributed by atoms with Gasteiger partial charge in [-0.05, 0) is 49.1 Å². The maximum atomic E-state index is 11.3. The lowest BCUT2D eigenvalue weighted by Crippen LogP contribution is -2.28. The minimum atomic E-state index is -0.664. The smallest absolute Gasteiger partial charge is 0.307 e. The second-order valence-electron chi connectivity index (χ2n) is 5.27. The Kier molecular flexibility index (Phi) is 3.46. The summed E-state index contributed by atoms with van der Waals surface area (Å²) < 4.78 is 0. The van der Waals surface area contributed by atoms with Crippen LogP contribution in [-0.4, -0.2) is 16.1 Å². The van der Waals surface area contributed by atoms with E-state index >= 15 is 0 Å². The van der Waals surface area contributed by atoms with E-state index in [9.17, 15) is 9.90 Å². The SMILES string of the molecule is Cc1cncc(C2CC(C)CCC2C(=O)O)c1. The molecule has 1 saturated carbocycles. The van der Waals surface area contributed by atoms with E-state index in [4.69, 9.17) is 0 Å². The fourth-order valence-electron chi connectivity index (χ4n) is 2.83. The summed E-state index contributed by atoms with van der Waals surface area (Å²) in [4.78, 5) is 15.5. The molecule has 0 saturated heterocycles. The highest BCUT2D eigenvalue weighted by molar-refractivity contribution is 5.71. The standard InChI is InChI=1S/C14H19NO2/c1-9-3-4-12(14(16)17)13(6-9)11-5-10(2)7-15-8-11/h5,7-9,12-13H,3-4,6H2,1-2H3,(H,16,17). The first-order valence-electron chi connectivity index (χ1n) is 6.22. The largest absolute Gasteiger partial charge is 0.481 e. The Hall–Kier alpha value is -1.38. The lowest BCUT2D eigenvalue weighted by molar-refractivity contribution is -0.143. The summed E-state index contributed by atoms with van der Waals surface area (Å²) in [5, 5.41) is 9.31. The highest BCUT2D eigenvalue weighted by Gasteiger charge is 2.34. The third-order valence-corrected chi connectivity index (χ3v) is 3.75. The van der Waals surface area contributed by atoms with Crippen LogP contribution in [0.25, 0.3) is 0 Å². The van der Waals surface area contributed by atoms with Gasteiger partial charge in [-0.25, -0.2) is 0 Å².